The molecule has 0 bridgehead atoms. The summed E-state index contributed by atoms with van der Waals surface area (Å²) in [5.74, 6) is 0.687. The van der Waals surface area contributed by atoms with Gasteiger partial charge in [0.05, 0.1) is 18.1 Å². The maximum Gasteiger partial charge on any atom is 0.238 e. The summed E-state index contributed by atoms with van der Waals surface area (Å²) < 4.78 is 0. The van der Waals surface area contributed by atoms with E-state index < -0.39 is 0 Å². The Bertz CT molecular complexity index is 824. The summed E-state index contributed by atoms with van der Waals surface area (Å²) >= 11 is 0. The molecule has 1 unspecified atom stereocenters. The molecule has 2 aromatic rings. The van der Waals surface area contributed by atoms with Crippen LogP contribution in [-0.2, 0) is 17.6 Å². The highest BCUT2D eigenvalue weighted by atomic mass is 16.2. The molecule has 1 heterocycles. The predicted octanol–water partition coefficient (Wildman–Crippen LogP) is 3.27. The maximum atomic E-state index is 12.6. The first-order valence-corrected chi connectivity index (χ1v) is 9.46. The van der Waals surface area contributed by atoms with Crippen LogP contribution in [0.4, 0.5) is 5.69 Å². The van der Waals surface area contributed by atoms with Gasteiger partial charge in [-0.05, 0) is 55.6 Å². The van der Waals surface area contributed by atoms with Crippen LogP contribution >= 0.6 is 0 Å². The van der Waals surface area contributed by atoms with Gasteiger partial charge in [-0.25, -0.2) is 4.99 Å². The third-order valence-electron chi connectivity index (χ3n) is 4.96. The number of aryl methyl sites for hydroxylation is 1. The largest absolute Gasteiger partial charge is 0.387 e. The third kappa shape index (κ3) is 4.55. The van der Waals surface area contributed by atoms with Crippen molar-refractivity contribution in [3.63, 3.8) is 0 Å². The first-order valence-electron chi connectivity index (χ1n) is 9.46. The van der Waals surface area contributed by atoms with Gasteiger partial charge in [0, 0.05) is 6.54 Å². The van der Waals surface area contributed by atoms with Crippen LogP contribution in [0.15, 0.2) is 53.5 Å². The Morgan fingerprint density at radius 3 is 2.56 bits per heavy atom. The van der Waals surface area contributed by atoms with Crippen molar-refractivity contribution in [1.29, 1.82) is 0 Å². The summed E-state index contributed by atoms with van der Waals surface area (Å²) in [6.45, 7) is 5.06. The molecule has 0 aromatic heterocycles. The highest BCUT2D eigenvalue weighted by Crippen LogP contribution is 2.31. The molecule has 0 aliphatic carbocycles. The molecule has 2 aromatic carbocycles. The predicted molar refractivity (Wildman–Crippen MR) is 110 cm³/mol. The Labute approximate surface area is 161 Å². The first-order chi connectivity index (χ1) is 13.0. The zero-order valence-electron chi connectivity index (χ0n) is 16.4. The Hall–Kier alpha value is -2.66. The van der Waals surface area contributed by atoms with Gasteiger partial charge in [-0.2, -0.15) is 0 Å². The van der Waals surface area contributed by atoms with Crippen LogP contribution in [0.1, 0.15) is 36.7 Å². The van der Waals surface area contributed by atoms with Gasteiger partial charge in [0.25, 0.3) is 0 Å². The number of nitrogens with two attached hydrogens (primary N) is 1. The van der Waals surface area contributed by atoms with Crippen molar-refractivity contribution in [2.75, 3.05) is 20.1 Å². The fraction of sp³-hybridized carbons (Fsp3) is 0.364. The number of likely N-dealkylation sites (N-methyl/N-ethyl adjacent to an activating group) is 1. The number of aliphatic imine (C=N–C) groups is 1. The molecule has 2 N–H and O–H groups in total. The minimum atomic E-state index is -0.0688. The number of nitrogens with zero attached hydrogens (tertiary/aromatic N) is 3. The zero-order chi connectivity index (χ0) is 19.4. The van der Waals surface area contributed by atoms with Crippen LogP contribution in [0.3, 0.4) is 0 Å². The van der Waals surface area contributed by atoms with Crippen molar-refractivity contribution in [1.82, 2.24) is 9.80 Å². The summed E-state index contributed by atoms with van der Waals surface area (Å²) in [7, 11) is 1.99. The highest BCUT2D eigenvalue weighted by Gasteiger charge is 2.36. The first kappa shape index (κ1) is 19.1. The lowest BCUT2D eigenvalue weighted by Crippen LogP contribution is -2.32. The summed E-state index contributed by atoms with van der Waals surface area (Å²) in [6, 6.07) is 16.6. The van der Waals surface area contributed by atoms with E-state index in [-0.39, 0.29) is 12.1 Å². The second-order valence-corrected chi connectivity index (χ2v) is 7.14. The molecule has 0 saturated carbocycles. The van der Waals surface area contributed by atoms with Crippen LogP contribution in [0.25, 0.3) is 0 Å². The average Bonchev–Trinajstić information content (AvgIpc) is 2.93. The third-order valence-corrected chi connectivity index (χ3v) is 4.96. The van der Waals surface area contributed by atoms with E-state index in [4.69, 9.17) is 5.73 Å². The molecular weight excluding hydrogens is 336 g/mol. The van der Waals surface area contributed by atoms with E-state index in [1.54, 1.807) is 6.92 Å². The molecule has 3 rings (SSSR count). The normalized spacial score (nSPS) is 18.3. The van der Waals surface area contributed by atoms with E-state index in [1.807, 2.05) is 36.2 Å². The van der Waals surface area contributed by atoms with Gasteiger partial charge >= 0.3 is 0 Å². The summed E-state index contributed by atoms with van der Waals surface area (Å²) in [4.78, 5) is 21.0. The van der Waals surface area contributed by atoms with E-state index in [2.05, 4.69) is 41.1 Å². The molecule has 1 atom stereocenters. The second kappa shape index (κ2) is 8.35. The molecule has 0 radical (unpaired) electrons. The molecule has 0 spiro atoms. The summed E-state index contributed by atoms with van der Waals surface area (Å²) in [5.41, 5.74) is 10.2. The molecule has 5 heteroatoms. The molecule has 1 amide bonds. The van der Waals surface area contributed by atoms with E-state index in [1.165, 1.54) is 11.1 Å². The van der Waals surface area contributed by atoms with Crippen molar-refractivity contribution in [3.05, 3.63) is 65.2 Å². The van der Waals surface area contributed by atoms with Crippen molar-refractivity contribution in [3.8, 4) is 0 Å². The Balaban J connectivity index is 1.78. The summed E-state index contributed by atoms with van der Waals surface area (Å²) in [5, 5.41) is 0. The fourth-order valence-corrected chi connectivity index (χ4v) is 3.60. The number of amidine groups is 1. The zero-order valence-corrected chi connectivity index (χ0v) is 16.4. The number of carbonyl (C=O) groups is 1. The van der Waals surface area contributed by atoms with Crippen LogP contribution < -0.4 is 5.73 Å². The number of amides is 1. The minimum Gasteiger partial charge on any atom is -0.387 e. The fourth-order valence-electron chi connectivity index (χ4n) is 3.60. The standard InChI is InChI=1S/C22H28N4O/c1-4-17-8-10-18(11-9-17)12-13-26-21(27)15-25(3)22(26)19-6-5-7-20(14-19)24-16(2)23/h5-11,14,22H,4,12-13,15H2,1-3H3,(H2,23,24). The number of hydrogen-bond donors (Lipinski definition) is 1. The van der Waals surface area contributed by atoms with E-state index >= 15 is 0 Å². The van der Waals surface area contributed by atoms with Gasteiger partial charge in [0.1, 0.15) is 6.17 Å². The minimum absolute atomic E-state index is 0.0688. The van der Waals surface area contributed by atoms with Crippen molar-refractivity contribution in [2.24, 2.45) is 10.7 Å². The molecule has 1 saturated heterocycles. The topological polar surface area (TPSA) is 61.9 Å². The molecular formula is C22H28N4O. The number of rotatable bonds is 6. The molecule has 142 valence electrons. The second-order valence-electron chi connectivity index (χ2n) is 7.14. The smallest absolute Gasteiger partial charge is 0.238 e. The van der Waals surface area contributed by atoms with Crippen molar-refractivity contribution >= 4 is 17.4 Å². The van der Waals surface area contributed by atoms with Gasteiger partial charge in [-0.3, -0.25) is 9.69 Å². The SMILES string of the molecule is CCc1ccc(CCN2C(=O)CN(C)C2c2cccc(N=C(C)N)c2)cc1. The number of benzene rings is 2. The van der Waals surface area contributed by atoms with E-state index in [9.17, 15) is 4.79 Å². The van der Waals surface area contributed by atoms with Crippen LogP contribution in [0, 0.1) is 0 Å². The van der Waals surface area contributed by atoms with Crippen molar-refractivity contribution in [2.45, 2.75) is 32.9 Å². The molecule has 5 nitrogen and oxygen atoms in total. The summed E-state index contributed by atoms with van der Waals surface area (Å²) in [6.07, 6.45) is 1.82. The molecule has 1 aliphatic heterocycles. The average molecular weight is 364 g/mol. The van der Waals surface area contributed by atoms with Gasteiger partial charge in [-0.1, -0.05) is 43.3 Å². The highest BCUT2D eigenvalue weighted by molar-refractivity contribution is 5.81. The van der Waals surface area contributed by atoms with Crippen LogP contribution in [0.2, 0.25) is 0 Å². The Morgan fingerprint density at radius 1 is 1.19 bits per heavy atom. The number of hydrogen-bond acceptors (Lipinski definition) is 3. The quantitative estimate of drug-likeness (QED) is 0.632. The Morgan fingerprint density at radius 2 is 1.89 bits per heavy atom. The van der Waals surface area contributed by atoms with Gasteiger partial charge in [-0.15, -0.1) is 0 Å². The van der Waals surface area contributed by atoms with E-state index in [0.29, 0.717) is 18.9 Å². The number of carbonyl (C=O) groups excluding carboxylic acids is 1. The monoisotopic (exact) mass is 364 g/mol. The van der Waals surface area contributed by atoms with E-state index in [0.717, 1.165) is 24.1 Å². The maximum absolute atomic E-state index is 12.6. The lowest BCUT2D eigenvalue weighted by atomic mass is 10.1. The van der Waals surface area contributed by atoms with Crippen LogP contribution in [-0.4, -0.2) is 41.7 Å². The van der Waals surface area contributed by atoms with Crippen LogP contribution in [0.5, 0.6) is 0 Å². The van der Waals surface area contributed by atoms with Gasteiger partial charge in [0.2, 0.25) is 5.91 Å². The lowest BCUT2D eigenvalue weighted by Gasteiger charge is -2.28. The van der Waals surface area contributed by atoms with Crippen molar-refractivity contribution < 1.29 is 4.79 Å². The van der Waals surface area contributed by atoms with Gasteiger partial charge < -0.3 is 10.6 Å². The Kier molecular flexibility index (Phi) is 5.91. The molecule has 1 aliphatic rings. The molecule has 1 fully saturated rings. The lowest BCUT2D eigenvalue weighted by molar-refractivity contribution is -0.128. The van der Waals surface area contributed by atoms with Gasteiger partial charge in [0.15, 0.2) is 0 Å². The molecule has 27 heavy (non-hydrogen) atoms.